The molecule has 0 aliphatic carbocycles. The summed E-state index contributed by atoms with van der Waals surface area (Å²) in [5, 5.41) is 5.61. The Kier molecular flexibility index (Phi) is 6.50. The van der Waals surface area contributed by atoms with Gasteiger partial charge < -0.3 is 20.1 Å². The van der Waals surface area contributed by atoms with E-state index in [0.717, 1.165) is 31.6 Å². The lowest BCUT2D eigenvalue weighted by Crippen LogP contribution is -2.30. The van der Waals surface area contributed by atoms with Gasteiger partial charge in [0.2, 0.25) is 0 Å². The van der Waals surface area contributed by atoms with Crippen LogP contribution in [0.5, 0.6) is 0 Å². The third kappa shape index (κ3) is 6.14. The molecule has 0 aromatic heterocycles. The highest BCUT2D eigenvalue weighted by Gasteiger charge is 2.14. The van der Waals surface area contributed by atoms with E-state index < -0.39 is 0 Å². The summed E-state index contributed by atoms with van der Waals surface area (Å²) in [5.41, 5.74) is 1.97. The molecule has 2 amide bonds. The molecule has 0 unspecified atom stereocenters. The Labute approximate surface area is 126 Å². The topological polar surface area (TPSA) is 59.6 Å². The van der Waals surface area contributed by atoms with Crippen LogP contribution in [0.1, 0.15) is 24.8 Å². The fraction of sp³-hybridized carbons (Fsp3) is 0.562. The molecule has 0 bridgehead atoms. The Morgan fingerprint density at radius 3 is 2.90 bits per heavy atom. The van der Waals surface area contributed by atoms with E-state index in [1.54, 1.807) is 0 Å². The highest BCUT2D eigenvalue weighted by molar-refractivity contribution is 5.89. The lowest BCUT2D eigenvalue weighted by atomic mass is 10.2. The summed E-state index contributed by atoms with van der Waals surface area (Å²) in [7, 11) is 0. The molecule has 2 rings (SSSR count). The molecule has 0 spiro atoms. The van der Waals surface area contributed by atoms with Crippen LogP contribution in [0.15, 0.2) is 24.3 Å². The van der Waals surface area contributed by atoms with Crippen LogP contribution >= 0.6 is 0 Å². The number of aryl methyl sites for hydroxylation is 1. The second-order valence-electron chi connectivity index (χ2n) is 5.31. The normalized spacial score (nSPS) is 17.7. The van der Waals surface area contributed by atoms with E-state index in [-0.39, 0.29) is 12.1 Å². The number of ether oxygens (including phenoxy) is 2. The zero-order valence-corrected chi connectivity index (χ0v) is 12.6. The fourth-order valence-electron chi connectivity index (χ4n) is 2.18. The quantitative estimate of drug-likeness (QED) is 0.760. The summed E-state index contributed by atoms with van der Waals surface area (Å²) in [5.74, 6) is 0. The van der Waals surface area contributed by atoms with E-state index in [2.05, 4.69) is 10.6 Å². The van der Waals surface area contributed by atoms with Crippen molar-refractivity contribution in [3.05, 3.63) is 29.8 Å². The molecule has 5 nitrogen and oxygen atoms in total. The molecular formula is C16H24N2O3. The Morgan fingerprint density at radius 2 is 2.19 bits per heavy atom. The number of carbonyl (C=O) groups excluding carboxylic acids is 1. The van der Waals surface area contributed by atoms with E-state index in [1.165, 1.54) is 5.56 Å². The van der Waals surface area contributed by atoms with Gasteiger partial charge >= 0.3 is 6.03 Å². The van der Waals surface area contributed by atoms with Crippen LogP contribution in [0.4, 0.5) is 10.5 Å². The van der Waals surface area contributed by atoms with E-state index in [4.69, 9.17) is 9.47 Å². The highest BCUT2D eigenvalue weighted by Crippen LogP contribution is 2.11. The van der Waals surface area contributed by atoms with Crippen LogP contribution in [-0.4, -0.2) is 38.5 Å². The van der Waals surface area contributed by atoms with Crippen molar-refractivity contribution in [2.75, 3.05) is 31.7 Å². The average molecular weight is 292 g/mol. The average Bonchev–Trinajstić information content (AvgIpc) is 2.98. The van der Waals surface area contributed by atoms with E-state index in [9.17, 15) is 4.79 Å². The first-order valence-electron chi connectivity index (χ1n) is 7.55. The predicted molar refractivity (Wildman–Crippen MR) is 82.6 cm³/mol. The number of urea groups is 1. The van der Waals surface area contributed by atoms with Gasteiger partial charge in [-0.25, -0.2) is 4.79 Å². The summed E-state index contributed by atoms with van der Waals surface area (Å²) in [4.78, 5) is 11.7. The number of anilines is 1. The third-order valence-electron chi connectivity index (χ3n) is 3.39. The predicted octanol–water partition coefficient (Wildman–Crippen LogP) is 2.70. The fourth-order valence-corrected chi connectivity index (χ4v) is 2.18. The summed E-state index contributed by atoms with van der Waals surface area (Å²) in [6.45, 7) is 4.78. The molecule has 1 aliphatic rings. The maximum absolute atomic E-state index is 11.7. The van der Waals surface area contributed by atoms with Crippen molar-refractivity contribution < 1.29 is 14.3 Å². The van der Waals surface area contributed by atoms with Crippen molar-refractivity contribution in [1.82, 2.24) is 5.32 Å². The smallest absolute Gasteiger partial charge is 0.319 e. The van der Waals surface area contributed by atoms with Gasteiger partial charge in [0.05, 0.1) is 12.7 Å². The number of amides is 2. The van der Waals surface area contributed by atoms with Crippen LogP contribution < -0.4 is 10.6 Å². The SMILES string of the molecule is Cc1ccc(NC(=O)NCCCOC[C@@H]2CCCO2)cc1. The van der Waals surface area contributed by atoms with Gasteiger partial charge in [0.1, 0.15) is 0 Å². The van der Waals surface area contributed by atoms with Gasteiger partial charge in [-0.15, -0.1) is 0 Å². The summed E-state index contributed by atoms with van der Waals surface area (Å²) in [6, 6.07) is 7.53. The largest absolute Gasteiger partial charge is 0.379 e. The minimum Gasteiger partial charge on any atom is -0.379 e. The van der Waals surface area contributed by atoms with Crippen molar-refractivity contribution in [3.8, 4) is 0 Å². The molecule has 1 atom stereocenters. The number of hydrogen-bond donors (Lipinski definition) is 2. The first-order chi connectivity index (χ1) is 10.2. The molecule has 1 fully saturated rings. The molecule has 21 heavy (non-hydrogen) atoms. The summed E-state index contributed by atoms with van der Waals surface area (Å²) >= 11 is 0. The van der Waals surface area contributed by atoms with Gasteiger partial charge in [-0.3, -0.25) is 0 Å². The molecule has 0 saturated carbocycles. The maximum atomic E-state index is 11.7. The number of hydrogen-bond acceptors (Lipinski definition) is 3. The van der Waals surface area contributed by atoms with Gasteiger partial charge in [0, 0.05) is 25.4 Å². The molecular weight excluding hydrogens is 268 g/mol. The second-order valence-corrected chi connectivity index (χ2v) is 5.31. The number of rotatable bonds is 7. The van der Waals surface area contributed by atoms with Crippen molar-refractivity contribution in [2.45, 2.75) is 32.3 Å². The molecule has 1 aromatic carbocycles. The van der Waals surface area contributed by atoms with Gasteiger partial charge in [0.15, 0.2) is 0 Å². The molecule has 1 aromatic rings. The first kappa shape index (κ1) is 15.8. The van der Waals surface area contributed by atoms with E-state index >= 15 is 0 Å². The Balaban J connectivity index is 1.49. The molecule has 1 aliphatic heterocycles. The van der Waals surface area contributed by atoms with E-state index in [1.807, 2.05) is 31.2 Å². The highest BCUT2D eigenvalue weighted by atomic mass is 16.5. The molecule has 116 valence electrons. The molecule has 1 heterocycles. The maximum Gasteiger partial charge on any atom is 0.319 e. The number of carbonyl (C=O) groups is 1. The first-order valence-corrected chi connectivity index (χ1v) is 7.55. The zero-order valence-electron chi connectivity index (χ0n) is 12.6. The Morgan fingerprint density at radius 1 is 1.38 bits per heavy atom. The molecule has 1 saturated heterocycles. The van der Waals surface area contributed by atoms with Crippen LogP contribution in [0.3, 0.4) is 0 Å². The van der Waals surface area contributed by atoms with Crippen molar-refractivity contribution >= 4 is 11.7 Å². The van der Waals surface area contributed by atoms with Crippen LogP contribution in [0.25, 0.3) is 0 Å². The standard InChI is InChI=1S/C16H24N2O3/c1-13-5-7-14(8-6-13)18-16(19)17-9-3-10-20-12-15-4-2-11-21-15/h5-8,15H,2-4,9-12H2,1H3,(H2,17,18,19)/t15-/m0/s1. The van der Waals surface area contributed by atoms with Crippen LogP contribution in [0, 0.1) is 6.92 Å². The van der Waals surface area contributed by atoms with Crippen molar-refractivity contribution in [3.63, 3.8) is 0 Å². The van der Waals surface area contributed by atoms with Gasteiger partial charge in [-0.05, 0) is 38.3 Å². The number of benzene rings is 1. The van der Waals surface area contributed by atoms with Crippen LogP contribution in [-0.2, 0) is 9.47 Å². The minimum absolute atomic E-state index is 0.182. The summed E-state index contributed by atoms with van der Waals surface area (Å²) in [6.07, 6.45) is 3.29. The third-order valence-corrected chi connectivity index (χ3v) is 3.39. The summed E-state index contributed by atoms with van der Waals surface area (Å²) < 4.78 is 11.0. The minimum atomic E-state index is -0.182. The van der Waals surface area contributed by atoms with Gasteiger partial charge in [-0.1, -0.05) is 17.7 Å². The van der Waals surface area contributed by atoms with Gasteiger partial charge in [-0.2, -0.15) is 0 Å². The lowest BCUT2D eigenvalue weighted by molar-refractivity contribution is 0.0168. The van der Waals surface area contributed by atoms with Crippen molar-refractivity contribution in [2.24, 2.45) is 0 Å². The van der Waals surface area contributed by atoms with E-state index in [0.29, 0.717) is 19.8 Å². The Hall–Kier alpha value is -1.59. The number of nitrogens with one attached hydrogen (secondary N) is 2. The molecule has 0 radical (unpaired) electrons. The second kappa shape index (κ2) is 8.64. The van der Waals surface area contributed by atoms with Crippen LogP contribution in [0.2, 0.25) is 0 Å². The lowest BCUT2D eigenvalue weighted by Gasteiger charge is -2.10. The Bertz CT molecular complexity index is 428. The monoisotopic (exact) mass is 292 g/mol. The van der Waals surface area contributed by atoms with Gasteiger partial charge in [0.25, 0.3) is 0 Å². The molecule has 5 heteroatoms. The zero-order chi connectivity index (χ0) is 14.9. The molecule has 2 N–H and O–H groups in total. The van der Waals surface area contributed by atoms with Crippen molar-refractivity contribution in [1.29, 1.82) is 0 Å².